The second kappa shape index (κ2) is 9.28. The van der Waals surface area contributed by atoms with E-state index >= 15 is 0 Å². The topological polar surface area (TPSA) is 87.9 Å². The summed E-state index contributed by atoms with van der Waals surface area (Å²) in [5.41, 5.74) is 5.55. The van der Waals surface area contributed by atoms with Gasteiger partial charge in [-0.2, -0.15) is 0 Å². The quantitative estimate of drug-likeness (QED) is 0.392. The van der Waals surface area contributed by atoms with Crippen LogP contribution in [0.15, 0.2) is 12.2 Å². The van der Waals surface area contributed by atoms with Crippen LogP contribution in [0, 0.1) is 0 Å². The minimum absolute atomic E-state index is 0.0851. The summed E-state index contributed by atoms with van der Waals surface area (Å²) < 4.78 is 26.9. The van der Waals surface area contributed by atoms with Crippen LogP contribution in [0.2, 0.25) is 0 Å². The third-order valence-corrected chi connectivity index (χ3v) is 3.84. The Bertz CT molecular complexity index is 309. The summed E-state index contributed by atoms with van der Waals surface area (Å²) in [4.78, 5) is 11.2. The molecule has 0 bridgehead atoms. The van der Waals surface area contributed by atoms with Crippen LogP contribution in [-0.2, 0) is 23.1 Å². The third-order valence-electron chi connectivity index (χ3n) is 1.88. The standard InChI is InChI=1S/C11H22NO5P/c1-4-15-11(13)10(12)8-7-9-18(14,16-5-2)17-6-3/h7-8,10H,4-6,9,12H2,1-3H3/t10-/m1/s1. The molecular weight excluding hydrogens is 257 g/mol. The van der Waals surface area contributed by atoms with E-state index in [0.29, 0.717) is 13.2 Å². The van der Waals surface area contributed by atoms with Crippen molar-refractivity contribution in [1.29, 1.82) is 0 Å². The van der Waals surface area contributed by atoms with Crippen LogP contribution in [0.1, 0.15) is 20.8 Å². The zero-order chi connectivity index (χ0) is 14.0. The maximum absolute atomic E-state index is 12.0. The number of ether oxygens (including phenoxy) is 1. The monoisotopic (exact) mass is 279 g/mol. The van der Waals surface area contributed by atoms with Crippen molar-refractivity contribution in [3.05, 3.63) is 12.2 Å². The van der Waals surface area contributed by atoms with Gasteiger partial charge in [-0.3, -0.25) is 9.36 Å². The zero-order valence-electron chi connectivity index (χ0n) is 11.1. The lowest BCUT2D eigenvalue weighted by atomic mass is 10.3. The van der Waals surface area contributed by atoms with Crippen molar-refractivity contribution >= 4 is 13.6 Å². The first-order valence-corrected chi connectivity index (χ1v) is 7.68. The van der Waals surface area contributed by atoms with Crippen LogP contribution in [0.25, 0.3) is 0 Å². The van der Waals surface area contributed by atoms with Gasteiger partial charge in [0, 0.05) is 0 Å². The molecule has 0 aromatic heterocycles. The van der Waals surface area contributed by atoms with E-state index in [1.165, 1.54) is 12.2 Å². The summed E-state index contributed by atoms with van der Waals surface area (Å²) in [7, 11) is -3.12. The fourth-order valence-corrected chi connectivity index (χ4v) is 2.64. The SMILES string of the molecule is CCOC(=O)[C@H](N)C=CCP(=O)(OCC)OCC. The van der Waals surface area contributed by atoms with Gasteiger partial charge >= 0.3 is 13.6 Å². The van der Waals surface area contributed by atoms with Crippen LogP contribution in [0.4, 0.5) is 0 Å². The predicted molar refractivity (Wildman–Crippen MR) is 69.5 cm³/mol. The summed E-state index contributed by atoms with van der Waals surface area (Å²) >= 11 is 0. The highest BCUT2D eigenvalue weighted by atomic mass is 31.2. The number of hydrogen-bond donors (Lipinski definition) is 1. The van der Waals surface area contributed by atoms with Crippen LogP contribution >= 0.6 is 7.60 Å². The number of carbonyl (C=O) groups excluding carboxylic acids is 1. The molecule has 0 unspecified atom stereocenters. The van der Waals surface area contributed by atoms with Gasteiger partial charge in [0.1, 0.15) is 6.04 Å². The van der Waals surface area contributed by atoms with Crippen molar-refractivity contribution in [3.8, 4) is 0 Å². The van der Waals surface area contributed by atoms with Crippen molar-refractivity contribution in [1.82, 2.24) is 0 Å². The number of hydrogen-bond acceptors (Lipinski definition) is 6. The van der Waals surface area contributed by atoms with E-state index in [1.807, 2.05) is 0 Å². The molecule has 0 aliphatic rings. The molecule has 0 heterocycles. The Morgan fingerprint density at radius 2 is 1.78 bits per heavy atom. The minimum Gasteiger partial charge on any atom is -0.465 e. The molecule has 0 aromatic rings. The van der Waals surface area contributed by atoms with Gasteiger partial charge in [-0.25, -0.2) is 0 Å². The van der Waals surface area contributed by atoms with E-state index in [9.17, 15) is 9.36 Å². The lowest BCUT2D eigenvalue weighted by molar-refractivity contribution is -0.143. The first-order valence-electron chi connectivity index (χ1n) is 5.96. The number of allylic oxidation sites excluding steroid dienone is 1. The summed E-state index contributed by atoms with van der Waals surface area (Å²) in [6, 6.07) is -0.860. The first kappa shape index (κ1) is 17.3. The molecule has 0 aliphatic carbocycles. The molecule has 18 heavy (non-hydrogen) atoms. The Morgan fingerprint density at radius 1 is 1.22 bits per heavy atom. The molecule has 0 amide bonds. The average molecular weight is 279 g/mol. The fourth-order valence-electron chi connectivity index (χ4n) is 1.19. The smallest absolute Gasteiger partial charge is 0.334 e. The second-order valence-corrected chi connectivity index (χ2v) is 5.44. The average Bonchev–Trinajstić information content (AvgIpc) is 2.29. The minimum atomic E-state index is -3.12. The molecular formula is C11H22NO5P. The normalized spacial score (nSPS) is 13.8. The first-order chi connectivity index (χ1) is 8.49. The van der Waals surface area contributed by atoms with Crippen LogP contribution in [-0.4, -0.2) is 38.0 Å². The molecule has 0 fully saturated rings. The molecule has 0 saturated carbocycles. The van der Waals surface area contributed by atoms with Crippen LogP contribution in [0.5, 0.6) is 0 Å². The molecule has 6 nitrogen and oxygen atoms in total. The summed E-state index contributed by atoms with van der Waals surface area (Å²) in [6.45, 7) is 6.05. The number of nitrogens with two attached hydrogens (primary N) is 1. The molecule has 1 atom stereocenters. The Kier molecular flexibility index (Phi) is 8.93. The Morgan fingerprint density at radius 3 is 2.22 bits per heavy atom. The zero-order valence-corrected chi connectivity index (χ0v) is 12.0. The molecule has 0 rings (SSSR count). The van der Waals surface area contributed by atoms with Crippen LogP contribution in [0.3, 0.4) is 0 Å². The molecule has 0 saturated heterocycles. The van der Waals surface area contributed by atoms with E-state index in [1.54, 1.807) is 20.8 Å². The Hall–Kier alpha value is -0.680. The largest absolute Gasteiger partial charge is 0.465 e. The Balaban J connectivity index is 4.34. The van der Waals surface area contributed by atoms with Gasteiger partial charge in [0.25, 0.3) is 0 Å². The lowest BCUT2D eigenvalue weighted by Crippen LogP contribution is -2.30. The molecule has 0 radical (unpaired) electrons. The van der Waals surface area contributed by atoms with Gasteiger partial charge < -0.3 is 19.5 Å². The Labute approximate surface area is 108 Å². The number of esters is 1. The van der Waals surface area contributed by atoms with E-state index in [-0.39, 0.29) is 12.8 Å². The molecule has 0 aliphatic heterocycles. The molecule has 106 valence electrons. The number of carbonyl (C=O) groups is 1. The van der Waals surface area contributed by atoms with Crippen molar-refractivity contribution in [2.75, 3.05) is 26.0 Å². The molecule has 7 heteroatoms. The highest BCUT2D eigenvalue weighted by Crippen LogP contribution is 2.47. The summed E-state index contributed by atoms with van der Waals surface area (Å²) in [5.74, 6) is -0.517. The van der Waals surface area contributed by atoms with Crippen molar-refractivity contribution < 1.29 is 23.1 Å². The third kappa shape index (κ3) is 6.91. The van der Waals surface area contributed by atoms with E-state index in [2.05, 4.69) is 0 Å². The predicted octanol–water partition coefficient (Wildman–Crippen LogP) is 1.70. The van der Waals surface area contributed by atoms with Crippen molar-refractivity contribution in [3.63, 3.8) is 0 Å². The highest BCUT2D eigenvalue weighted by molar-refractivity contribution is 7.54. The van der Waals surface area contributed by atoms with Crippen LogP contribution < -0.4 is 5.73 Å². The van der Waals surface area contributed by atoms with Gasteiger partial charge in [0.2, 0.25) is 0 Å². The van der Waals surface area contributed by atoms with E-state index < -0.39 is 19.6 Å². The lowest BCUT2D eigenvalue weighted by Gasteiger charge is -2.15. The summed E-state index contributed by atoms with van der Waals surface area (Å²) in [6.07, 6.45) is 3.04. The highest BCUT2D eigenvalue weighted by Gasteiger charge is 2.21. The van der Waals surface area contributed by atoms with Gasteiger partial charge in [0.05, 0.1) is 26.0 Å². The summed E-state index contributed by atoms with van der Waals surface area (Å²) in [5, 5.41) is 0. The number of rotatable bonds is 9. The maximum Gasteiger partial charge on any atom is 0.334 e. The molecule has 0 aromatic carbocycles. The molecule has 2 N–H and O–H groups in total. The van der Waals surface area contributed by atoms with Crippen molar-refractivity contribution in [2.45, 2.75) is 26.8 Å². The van der Waals surface area contributed by atoms with Gasteiger partial charge in [-0.15, -0.1) is 0 Å². The van der Waals surface area contributed by atoms with Gasteiger partial charge in [-0.05, 0) is 20.8 Å². The fraction of sp³-hybridized carbons (Fsp3) is 0.727. The maximum atomic E-state index is 12.0. The van der Waals surface area contributed by atoms with E-state index in [4.69, 9.17) is 19.5 Å². The van der Waals surface area contributed by atoms with Gasteiger partial charge in [-0.1, -0.05) is 12.2 Å². The van der Waals surface area contributed by atoms with Crippen molar-refractivity contribution in [2.24, 2.45) is 5.73 Å². The van der Waals surface area contributed by atoms with E-state index in [0.717, 1.165) is 0 Å². The molecule has 0 spiro atoms. The van der Waals surface area contributed by atoms with Gasteiger partial charge in [0.15, 0.2) is 0 Å². The second-order valence-electron chi connectivity index (χ2n) is 3.34.